The second-order valence-corrected chi connectivity index (χ2v) is 4.49. The standard InChI is InChI=1S/C13H19N5O2/c1-5-9(8(2)14-3)13-17-12(18-20-13)10-6-11(19-4)16-7-15-10/h6-9,14H,5H2,1-4H3. The van der Waals surface area contributed by atoms with E-state index in [0.717, 1.165) is 6.42 Å². The van der Waals surface area contributed by atoms with Gasteiger partial charge in [0.15, 0.2) is 0 Å². The third kappa shape index (κ3) is 2.93. The molecule has 0 aliphatic carbocycles. The van der Waals surface area contributed by atoms with E-state index >= 15 is 0 Å². The van der Waals surface area contributed by atoms with Crippen LogP contribution in [0.2, 0.25) is 0 Å². The second kappa shape index (κ2) is 6.42. The molecule has 0 saturated carbocycles. The van der Waals surface area contributed by atoms with Crippen molar-refractivity contribution in [2.75, 3.05) is 14.2 Å². The van der Waals surface area contributed by atoms with E-state index in [1.807, 2.05) is 7.05 Å². The van der Waals surface area contributed by atoms with Crippen molar-refractivity contribution in [3.63, 3.8) is 0 Å². The van der Waals surface area contributed by atoms with Gasteiger partial charge in [-0.3, -0.25) is 0 Å². The predicted molar refractivity (Wildman–Crippen MR) is 73.4 cm³/mol. The van der Waals surface area contributed by atoms with Crippen LogP contribution in [0.5, 0.6) is 5.88 Å². The number of methoxy groups -OCH3 is 1. The van der Waals surface area contributed by atoms with Crippen LogP contribution in [0.1, 0.15) is 32.1 Å². The summed E-state index contributed by atoms with van der Waals surface area (Å²) >= 11 is 0. The molecule has 2 aromatic heterocycles. The first-order chi connectivity index (χ1) is 9.69. The number of hydrogen-bond acceptors (Lipinski definition) is 7. The molecule has 0 fully saturated rings. The molecule has 0 aromatic carbocycles. The smallest absolute Gasteiger partial charge is 0.231 e. The van der Waals surface area contributed by atoms with E-state index < -0.39 is 0 Å². The highest BCUT2D eigenvalue weighted by Gasteiger charge is 2.23. The minimum Gasteiger partial charge on any atom is -0.481 e. The summed E-state index contributed by atoms with van der Waals surface area (Å²) < 4.78 is 10.4. The minimum atomic E-state index is 0.171. The summed E-state index contributed by atoms with van der Waals surface area (Å²) in [6.45, 7) is 4.18. The third-order valence-corrected chi connectivity index (χ3v) is 3.34. The first-order valence-corrected chi connectivity index (χ1v) is 6.56. The largest absolute Gasteiger partial charge is 0.481 e. The molecule has 0 spiro atoms. The summed E-state index contributed by atoms with van der Waals surface area (Å²) in [5.74, 6) is 1.70. The average Bonchev–Trinajstić information content (AvgIpc) is 2.97. The Morgan fingerprint density at radius 2 is 2.20 bits per heavy atom. The van der Waals surface area contributed by atoms with E-state index in [1.54, 1.807) is 13.2 Å². The molecule has 0 amide bonds. The van der Waals surface area contributed by atoms with Gasteiger partial charge in [0, 0.05) is 12.1 Å². The molecule has 7 heteroatoms. The minimum absolute atomic E-state index is 0.171. The zero-order valence-electron chi connectivity index (χ0n) is 12.1. The van der Waals surface area contributed by atoms with E-state index in [0.29, 0.717) is 23.3 Å². The van der Waals surface area contributed by atoms with Gasteiger partial charge < -0.3 is 14.6 Å². The Hall–Kier alpha value is -2.02. The van der Waals surface area contributed by atoms with E-state index in [2.05, 4.69) is 39.3 Å². The van der Waals surface area contributed by atoms with E-state index in [4.69, 9.17) is 9.26 Å². The number of likely N-dealkylation sites (N-methyl/N-ethyl adjacent to an activating group) is 1. The normalized spacial score (nSPS) is 14.0. The van der Waals surface area contributed by atoms with Gasteiger partial charge in [0.05, 0.1) is 13.0 Å². The molecule has 7 nitrogen and oxygen atoms in total. The van der Waals surface area contributed by atoms with Crippen molar-refractivity contribution in [1.82, 2.24) is 25.4 Å². The zero-order valence-corrected chi connectivity index (χ0v) is 12.1. The van der Waals surface area contributed by atoms with Gasteiger partial charge in [0.2, 0.25) is 17.6 Å². The Labute approximate surface area is 117 Å². The molecule has 0 saturated heterocycles. The Bertz CT molecular complexity index is 557. The lowest BCUT2D eigenvalue weighted by atomic mass is 9.98. The van der Waals surface area contributed by atoms with Crippen LogP contribution in [0.3, 0.4) is 0 Å². The lowest BCUT2D eigenvalue weighted by Crippen LogP contribution is -2.28. The zero-order chi connectivity index (χ0) is 14.5. The van der Waals surface area contributed by atoms with Gasteiger partial charge in [-0.15, -0.1) is 0 Å². The lowest BCUT2D eigenvalue weighted by Gasteiger charge is -2.17. The predicted octanol–water partition coefficient (Wildman–Crippen LogP) is 1.64. The Morgan fingerprint density at radius 3 is 2.85 bits per heavy atom. The van der Waals surface area contributed by atoms with Crippen molar-refractivity contribution >= 4 is 0 Å². The molecule has 2 heterocycles. The van der Waals surface area contributed by atoms with E-state index in [9.17, 15) is 0 Å². The van der Waals surface area contributed by atoms with Crippen molar-refractivity contribution in [2.24, 2.45) is 0 Å². The SMILES string of the molecule is CCC(c1nc(-c2cc(OC)ncn2)no1)C(C)NC. The van der Waals surface area contributed by atoms with Crippen LogP contribution in [-0.2, 0) is 0 Å². The van der Waals surface area contributed by atoms with E-state index in [-0.39, 0.29) is 12.0 Å². The second-order valence-electron chi connectivity index (χ2n) is 4.49. The van der Waals surface area contributed by atoms with Gasteiger partial charge in [-0.2, -0.15) is 4.98 Å². The molecule has 20 heavy (non-hydrogen) atoms. The maximum atomic E-state index is 5.37. The van der Waals surface area contributed by atoms with Gasteiger partial charge in [-0.25, -0.2) is 9.97 Å². The number of ether oxygens (including phenoxy) is 1. The maximum Gasteiger partial charge on any atom is 0.231 e. The highest BCUT2D eigenvalue weighted by atomic mass is 16.5. The van der Waals surface area contributed by atoms with Gasteiger partial charge in [0.1, 0.15) is 12.0 Å². The lowest BCUT2D eigenvalue weighted by molar-refractivity contribution is 0.322. The molecule has 1 N–H and O–H groups in total. The summed E-state index contributed by atoms with van der Waals surface area (Å²) in [4.78, 5) is 12.5. The van der Waals surface area contributed by atoms with Gasteiger partial charge in [-0.05, 0) is 20.4 Å². The van der Waals surface area contributed by atoms with Crippen molar-refractivity contribution in [1.29, 1.82) is 0 Å². The van der Waals surface area contributed by atoms with E-state index in [1.165, 1.54) is 6.33 Å². The highest BCUT2D eigenvalue weighted by Crippen LogP contribution is 2.24. The van der Waals surface area contributed by atoms with Crippen LogP contribution in [0.4, 0.5) is 0 Å². The van der Waals surface area contributed by atoms with Crippen molar-refractivity contribution < 1.29 is 9.26 Å². The fourth-order valence-corrected chi connectivity index (χ4v) is 2.01. The molecular weight excluding hydrogens is 258 g/mol. The first kappa shape index (κ1) is 14.4. The molecule has 0 radical (unpaired) electrons. The fraction of sp³-hybridized carbons (Fsp3) is 0.538. The van der Waals surface area contributed by atoms with Gasteiger partial charge in [0.25, 0.3) is 0 Å². The summed E-state index contributed by atoms with van der Waals surface area (Å²) in [6.07, 6.45) is 2.33. The maximum absolute atomic E-state index is 5.37. The average molecular weight is 277 g/mol. The third-order valence-electron chi connectivity index (χ3n) is 3.34. The number of nitrogens with zero attached hydrogens (tertiary/aromatic N) is 4. The van der Waals surface area contributed by atoms with Crippen LogP contribution >= 0.6 is 0 Å². The Morgan fingerprint density at radius 1 is 1.40 bits per heavy atom. The van der Waals surface area contributed by atoms with Crippen molar-refractivity contribution in [2.45, 2.75) is 32.2 Å². The summed E-state index contributed by atoms with van der Waals surface area (Å²) in [6, 6.07) is 1.94. The molecule has 0 bridgehead atoms. The molecule has 2 aromatic rings. The quantitative estimate of drug-likeness (QED) is 0.858. The van der Waals surface area contributed by atoms with Crippen LogP contribution in [0, 0.1) is 0 Å². The fourth-order valence-electron chi connectivity index (χ4n) is 2.01. The summed E-state index contributed by atoms with van der Waals surface area (Å²) in [5, 5.41) is 7.20. The number of hydrogen-bond donors (Lipinski definition) is 1. The molecule has 2 unspecified atom stereocenters. The topological polar surface area (TPSA) is 86.0 Å². The van der Waals surface area contributed by atoms with Crippen LogP contribution in [0.15, 0.2) is 16.9 Å². The van der Waals surface area contributed by atoms with Crippen molar-refractivity contribution in [3.05, 3.63) is 18.3 Å². The molecule has 108 valence electrons. The number of aromatic nitrogens is 4. The van der Waals surface area contributed by atoms with Gasteiger partial charge >= 0.3 is 0 Å². The summed E-state index contributed by atoms with van der Waals surface area (Å²) in [5.41, 5.74) is 0.582. The Balaban J connectivity index is 2.27. The molecule has 0 aliphatic heterocycles. The van der Waals surface area contributed by atoms with Crippen LogP contribution in [-0.4, -0.2) is 40.3 Å². The van der Waals surface area contributed by atoms with Crippen LogP contribution < -0.4 is 10.1 Å². The molecule has 0 aliphatic rings. The molecule has 2 atom stereocenters. The summed E-state index contributed by atoms with van der Waals surface area (Å²) in [7, 11) is 3.47. The first-order valence-electron chi connectivity index (χ1n) is 6.56. The van der Waals surface area contributed by atoms with Gasteiger partial charge in [-0.1, -0.05) is 12.1 Å². The van der Waals surface area contributed by atoms with Crippen LogP contribution in [0.25, 0.3) is 11.5 Å². The molecule has 2 rings (SSSR count). The van der Waals surface area contributed by atoms with Crippen molar-refractivity contribution in [3.8, 4) is 17.4 Å². The number of rotatable bonds is 6. The molecular formula is C13H19N5O2. The highest BCUT2D eigenvalue weighted by molar-refractivity contribution is 5.49. The Kier molecular flexibility index (Phi) is 4.62. The number of nitrogens with one attached hydrogen (secondary N) is 1. The monoisotopic (exact) mass is 277 g/mol.